The van der Waals surface area contributed by atoms with Crippen molar-refractivity contribution in [3.63, 3.8) is 0 Å². The van der Waals surface area contributed by atoms with Crippen LogP contribution in [0, 0.1) is 0 Å². The molecule has 5 nitrogen and oxygen atoms in total. The van der Waals surface area contributed by atoms with Crippen molar-refractivity contribution in [3.05, 3.63) is 65.2 Å². The molecule has 0 atom stereocenters. The summed E-state index contributed by atoms with van der Waals surface area (Å²) in [5, 5.41) is 3.13. The van der Waals surface area contributed by atoms with E-state index in [9.17, 15) is 9.59 Å². The summed E-state index contributed by atoms with van der Waals surface area (Å²) in [6.07, 6.45) is 0. The van der Waals surface area contributed by atoms with Gasteiger partial charge in [0.25, 0.3) is 0 Å². The third-order valence-corrected chi connectivity index (χ3v) is 6.99. The smallest absolute Gasteiger partial charge is 0.234 e. The lowest BCUT2D eigenvalue weighted by atomic mass is 9.92. The maximum absolute atomic E-state index is 12.7. The molecular weight excluding hydrogens is 430 g/mol. The van der Waals surface area contributed by atoms with Crippen molar-refractivity contribution in [2.45, 2.75) is 46.1 Å². The summed E-state index contributed by atoms with van der Waals surface area (Å²) in [6.45, 7) is 12.8. The number of carbonyl (C=O) groups is 2. The fourth-order valence-electron chi connectivity index (χ4n) is 4.19. The fraction of sp³-hybridized carbons (Fsp3) is 0.481. The van der Waals surface area contributed by atoms with E-state index in [4.69, 9.17) is 0 Å². The van der Waals surface area contributed by atoms with Crippen molar-refractivity contribution in [3.8, 4) is 0 Å². The number of nitrogens with zero attached hydrogens (tertiary/aromatic N) is 2. The maximum atomic E-state index is 12.7. The minimum atomic E-state index is -0.0459. The van der Waals surface area contributed by atoms with Gasteiger partial charge >= 0.3 is 0 Å². The summed E-state index contributed by atoms with van der Waals surface area (Å²) in [7, 11) is 0. The van der Waals surface area contributed by atoms with Crippen LogP contribution >= 0.6 is 11.8 Å². The van der Waals surface area contributed by atoms with Crippen LogP contribution in [0.25, 0.3) is 0 Å². The highest BCUT2D eigenvalue weighted by molar-refractivity contribution is 8.00. The molecule has 0 spiro atoms. The molecule has 0 saturated carbocycles. The normalized spacial score (nSPS) is 14.7. The lowest BCUT2D eigenvalue weighted by Gasteiger charge is -2.34. The largest absolute Gasteiger partial charge is 0.339 e. The zero-order chi connectivity index (χ0) is 23.8. The van der Waals surface area contributed by atoms with Crippen molar-refractivity contribution in [1.29, 1.82) is 0 Å². The van der Waals surface area contributed by atoms with Gasteiger partial charge in [0, 0.05) is 38.4 Å². The van der Waals surface area contributed by atoms with Gasteiger partial charge in [-0.25, -0.2) is 0 Å². The molecule has 0 bridgehead atoms. The molecule has 3 rings (SSSR count). The van der Waals surface area contributed by atoms with Crippen LogP contribution in [0.5, 0.6) is 0 Å². The van der Waals surface area contributed by atoms with E-state index in [0.29, 0.717) is 17.6 Å². The van der Waals surface area contributed by atoms with E-state index in [2.05, 4.69) is 80.4 Å². The number of carbonyl (C=O) groups excluding carboxylic acids is 2. The molecule has 178 valence electrons. The van der Waals surface area contributed by atoms with Crippen LogP contribution in [-0.2, 0) is 16.1 Å². The average molecular weight is 468 g/mol. The molecule has 1 N–H and O–H groups in total. The number of nitrogens with one attached hydrogen (secondary N) is 1. The highest BCUT2D eigenvalue weighted by Crippen LogP contribution is 2.32. The summed E-state index contributed by atoms with van der Waals surface area (Å²) in [5.41, 5.74) is 4.56. The second-order valence-electron chi connectivity index (χ2n) is 9.30. The van der Waals surface area contributed by atoms with E-state index in [1.807, 2.05) is 11.0 Å². The Morgan fingerprint density at radius 3 is 2.03 bits per heavy atom. The monoisotopic (exact) mass is 467 g/mol. The maximum Gasteiger partial charge on any atom is 0.234 e. The van der Waals surface area contributed by atoms with Crippen molar-refractivity contribution >= 4 is 29.3 Å². The zero-order valence-electron chi connectivity index (χ0n) is 20.3. The SMILES string of the molecule is CC(C)c1cccc(C(C)C)c1NC(=O)CSCC(=O)N1CCN(Cc2ccccc2)CC1. The molecule has 1 saturated heterocycles. The number of para-hydroxylation sites is 1. The molecule has 0 aliphatic carbocycles. The summed E-state index contributed by atoms with van der Waals surface area (Å²) >= 11 is 1.40. The number of anilines is 1. The van der Waals surface area contributed by atoms with Crippen LogP contribution in [0.4, 0.5) is 5.69 Å². The molecule has 2 aromatic carbocycles. The number of thioether (sulfide) groups is 1. The summed E-state index contributed by atoms with van der Waals surface area (Å²) in [5.74, 6) is 1.36. The minimum Gasteiger partial charge on any atom is -0.339 e. The van der Waals surface area contributed by atoms with Gasteiger partial charge in [-0.2, -0.15) is 0 Å². The van der Waals surface area contributed by atoms with E-state index in [0.717, 1.165) is 49.5 Å². The third-order valence-electron chi connectivity index (χ3n) is 6.07. The van der Waals surface area contributed by atoms with Crippen molar-refractivity contribution in [2.75, 3.05) is 43.0 Å². The number of rotatable bonds is 9. The van der Waals surface area contributed by atoms with Gasteiger partial charge in [0.15, 0.2) is 0 Å². The summed E-state index contributed by atoms with van der Waals surface area (Å²) in [6, 6.07) is 16.7. The first-order valence-electron chi connectivity index (χ1n) is 11.9. The van der Waals surface area contributed by atoms with Gasteiger partial charge in [0.2, 0.25) is 11.8 Å². The summed E-state index contributed by atoms with van der Waals surface area (Å²) in [4.78, 5) is 29.6. The lowest BCUT2D eigenvalue weighted by Crippen LogP contribution is -2.48. The predicted octanol–water partition coefficient (Wildman–Crippen LogP) is 4.95. The Hall–Kier alpha value is -2.31. The molecule has 0 unspecified atom stereocenters. The summed E-state index contributed by atoms with van der Waals surface area (Å²) < 4.78 is 0. The van der Waals surface area contributed by atoms with Crippen LogP contribution in [0.2, 0.25) is 0 Å². The van der Waals surface area contributed by atoms with Gasteiger partial charge in [-0.05, 0) is 28.5 Å². The third kappa shape index (κ3) is 7.34. The standard InChI is InChI=1S/C27H37N3O2S/c1-20(2)23-11-8-12-24(21(3)4)27(23)28-25(31)18-33-19-26(32)30-15-13-29(14-16-30)17-22-9-6-5-7-10-22/h5-12,20-21H,13-19H2,1-4H3,(H,28,31). The Balaban J connectivity index is 1.44. The molecule has 6 heteroatoms. The fourth-order valence-corrected chi connectivity index (χ4v) is 4.91. The number of hydrogen-bond acceptors (Lipinski definition) is 4. The zero-order valence-corrected chi connectivity index (χ0v) is 21.2. The number of benzene rings is 2. The van der Waals surface area contributed by atoms with Gasteiger partial charge in [-0.3, -0.25) is 14.5 Å². The van der Waals surface area contributed by atoms with Crippen molar-refractivity contribution in [2.24, 2.45) is 0 Å². The highest BCUT2D eigenvalue weighted by atomic mass is 32.2. The molecule has 2 aromatic rings. The van der Waals surface area contributed by atoms with Gasteiger partial charge < -0.3 is 10.2 Å². The first-order chi connectivity index (χ1) is 15.8. The Labute approximate surface area is 202 Å². The van der Waals surface area contributed by atoms with Crippen molar-refractivity contribution in [1.82, 2.24) is 9.80 Å². The molecule has 33 heavy (non-hydrogen) atoms. The Kier molecular flexibility index (Phi) is 9.39. The molecule has 0 aromatic heterocycles. The van der Waals surface area contributed by atoms with Crippen LogP contribution < -0.4 is 5.32 Å². The molecule has 2 amide bonds. The van der Waals surface area contributed by atoms with Gasteiger partial charge in [0.1, 0.15) is 0 Å². The molecule has 0 radical (unpaired) electrons. The molecule has 1 heterocycles. The first-order valence-corrected chi connectivity index (χ1v) is 13.0. The van der Waals surface area contributed by atoms with Crippen LogP contribution in [0.3, 0.4) is 0 Å². The van der Waals surface area contributed by atoms with E-state index in [1.165, 1.54) is 17.3 Å². The van der Waals surface area contributed by atoms with Gasteiger partial charge in [-0.15, -0.1) is 11.8 Å². The minimum absolute atomic E-state index is 0.0459. The first kappa shape index (κ1) is 25.3. The highest BCUT2D eigenvalue weighted by Gasteiger charge is 2.21. The van der Waals surface area contributed by atoms with Crippen LogP contribution in [0.1, 0.15) is 56.2 Å². The second-order valence-corrected chi connectivity index (χ2v) is 10.3. The lowest BCUT2D eigenvalue weighted by molar-refractivity contribution is -0.130. The number of hydrogen-bond donors (Lipinski definition) is 1. The number of amides is 2. The second kappa shape index (κ2) is 12.2. The van der Waals surface area contributed by atoms with Crippen LogP contribution in [-0.4, -0.2) is 59.3 Å². The van der Waals surface area contributed by atoms with Gasteiger partial charge in [-0.1, -0.05) is 76.2 Å². The van der Waals surface area contributed by atoms with E-state index in [1.54, 1.807) is 0 Å². The number of piperazine rings is 1. The van der Waals surface area contributed by atoms with Crippen molar-refractivity contribution < 1.29 is 9.59 Å². The Bertz CT molecular complexity index is 896. The molecule has 1 aliphatic rings. The molecule has 1 aliphatic heterocycles. The van der Waals surface area contributed by atoms with E-state index in [-0.39, 0.29) is 17.6 Å². The molecular formula is C27H37N3O2S. The van der Waals surface area contributed by atoms with Gasteiger partial charge in [0.05, 0.1) is 11.5 Å². The average Bonchev–Trinajstić information content (AvgIpc) is 2.80. The Morgan fingerprint density at radius 1 is 0.848 bits per heavy atom. The predicted molar refractivity (Wildman–Crippen MR) is 139 cm³/mol. The van der Waals surface area contributed by atoms with E-state index < -0.39 is 0 Å². The van der Waals surface area contributed by atoms with Crippen LogP contribution in [0.15, 0.2) is 48.5 Å². The Morgan fingerprint density at radius 2 is 1.45 bits per heavy atom. The molecule has 1 fully saturated rings. The quantitative estimate of drug-likeness (QED) is 0.567. The topological polar surface area (TPSA) is 52.7 Å². The van der Waals surface area contributed by atoms with E-state index >= 15 is 0 Å².